The highest BCUT2D eigenvalue weighted by molar-refractivity contribution is 6.06. The number of ether oxygens (including phenoxy) is 2. The average molecular weight is 330 g/mol. The van der Waals surface area contributed by atoms with Gasteiger partial charge in [0, 0.05) is 0 Å². The molecule has 0 aromatic heterocycles. The molecular formula is C20H26O4. The maximum atomic E-state index is 12.7. The molecule has 1 aromatic rings. The molecule has 0 spiro atoms. The Kier molecular flexibility index (Phi) is 4.62. The monoisotopic (exact) mass is 330 g/mol. The molecule has 0 bridgehead atoms. The number of carbonyl (C=O) groups is 2. The van der Waals surface area contributed by atoms with Crippen molar-refractivity contribution in [2.75, 3.05) is 0 Å². The van der Waals surface area contributed by atoms with Crippen LogP contribution >= 0.6 is 0 Å². The molecule has 1 aliphatic rings. The standard InChI is InChI=1S/C20H26O4/c1-12-8-9-14-13(10-12)11-15(17(21)23-19(2,3)4)16(14)18(22)24-20(5,6)7/h8-11,16H,1-7H3. The van der Waals surface area contributed by atoms with Crippen molar-refractivity contribution < 1.29 is 19.1 Å². The van der Waals surface area contributed by atoms with Crippen molar-refractivity contribution >= 4 is 18.0 Å². The highest BCUT2D eigenvalue weighted by Crippen LogP contribution is 2.39. The van der Waals surface area contributed by atoms with Crippen LogP contribution < -0.4 is 0 Å². The van der Waals surface area contributed by atoms with Crippen LogP contribution in [-0.2, 0) is 19.1 Å². The van der Waals surface area contributed by atoms with E-state index in [0.29, 0.717) is 5.57 Å². The van der Waals surface area contributed by atoms with Crippen LogP contribution in [0.1, 0.15) is 64.2 Å². The summed E-state index contributed by atoms with van der Waals surface area (Å²) in [5, 5.41) is 0. The zero-order valence-corrected chi connectivity index (χ0v) is 15.5. The first-order chi connectivity index (χ1) is 10.9. The molecule has 4 nitrogen and oxygen atoms in total. The third-order valence-electron chi connectivity index (χ3n) is 3.45. The molecular weight excluding hydrogens is 304 g/mol. The lowest BCUT2D eigenvalue weighted by Gasteiger charge is -2.25. The molecule has 130 valence electrons. The van der Waals surface area contributed by atoms with Crippen molar-refractivity contribution in [2.24, 2.45) is 0 Å². The summed E-state index contributed by atoms with van der Waals surface area (Å²) < 4.78 is 11.0. The van der Waals surface area contributed by atoms with Crippen LogP contribution in [0.5, 0.6) is 0 Å². The second kappa shape index (κ2) is 6.08. The van der Waals surface area contributed by atoms with Gasteiger partial charge in [-0.3, -0.25) is 4.79 Å². The highest BCUT2D eigenvalue weighted by Gasteiger charge is 2.39. The van der Waals surface area contributed by atoms with E-state index < -0.39 is 29.1 Å². The Morgan fingerprint density at radius 1 is 0.958 bits per heavy atom. The number of benzene rings is 1. The molecule has 24 heavy (non-hydrogen) atoms. The van der Waals surface area contributed by atoms with E-state index in [1.807, 2.05) is 45.9 Å². The maximum Gasteiger partial charge on any atom is 0.335 e. The summed E-state index contributed by atoms with van der Waals surface area (Å²) in [6.45, 7) is 12.8. The minimum atomic E-state index is -0.741. The molecule has 0 radical (unpaired) electrons. The minimum Gasteiger partial charge on any atom is -0.459 e. The van der Waals surface area contributed by atoms with Crippen molar-refractivity contribution in [3.8, 4) is 0 Å². The van der Waals surface area contributed by atoms with Crippen LogP contribution in [0.2, 0.25) is 0 Å². The second-order valence-electron chi connectivity index (χ2n) is 8.20. The van der Waals surface area contributed by atoms with Gasteiger partial charge in [0.25, 0.3) is 0 Å². The van der Waals surface area contributed by atoms with Gasteiger partial charge >= 0.3 is 11.9 Å². The molecule has 0 aliphatic heterocycles. The van der Waals surface area contributed by atoms with Crippen molar-refractivity contribution in [1.82, 2.24) is 0 Å². The number of aryl methyl sites for hydroxylation is 1. The number of rotatable bonds is 2. The molecule has 0 fully saturated rings. The molecule has 0 saturated carbocycles. The van der Waals surface area contributed by atoms with Crippen LogP contribution in [0.4, 0.5) is 0 Å². The Labute approximate surface area is 143 Å². The van der Waals surface area contributed by atoms with Gasteiger partial charge in [0.1, 0.15) is 17.1 Å². The molecule has 2 rings (SSSR count). The molecule has 1 aromatic carbocycles. The lowest BCUT2D eigenvalue weighted by atomic mass is 9.94. The number of hydrogen-bond acceptors (Lipinski definition) is 4. The fraction of sp³-hybridized carbons (Fsp3) is 0.500. The van der Waals surface area contributed by atoms with Crippen molar-refractivity contribution in [3.63, 3.8) is 0 Å². The molecule has 0 amide bonds. The largest absolute Gasteiger partial charge is 0.459 e. The van der Waals surface area contributed by atoms with Gasteiger partial charge in [0.15, 0.2) is 0 Å². The summed E-state index contributed by atoms with van der Waals surface area (Å²) in [6.07, 6.45) is 1.74. The molecule has 0 heterocycles. The average Bonchev–Trinajstić information content (AvgIpc) is 2.73. The number of hydrogen-bond donors (Lipinski definition) is 0. The summed E-state index contributed by atoms with van der Waals surface area (Å²) in [6, 6.07) is 5.78. The highest BCUT2D eigenvalue weighted by atomic mass is 16.6. The molecule has 0 saturated heterocycles. The number of carbonyl (C=O) groups excluding carboxylic acids is 2. The predicted octanol–water partition coefficient (Wildman–Crippen LogP) is 4.16. The van der Waals surface area contributed by atoms with Gasteiger partial charge in [0.05, 0.1) is 5.57 Å². The van der Waals surface area contributed by atoms with Gasteiger partial charge in [-0.2, -0.15) is 0 Å². The Hall–Kier alpha value is -2.10. The maximum absolute atomic E-state index is 12.7. The van der Waals surface area contributed by atoms with Gasteiger partial charge < -0.3 is 9.47 Å². The van der Waals surface area contributed by atoms with Crippen LogP contribution in [0.25, 0.3) is 6.08 Å². The van der Waals surface area contributed by atoms with E-state index in [0.717, 1.165) is 16.7 Å². The van der Waals surface area contributed by atoms with E-state index in [-0.39, 0.29) is 0 Å². The lowest BCUT2D eigenvalue weighted by Crippen LogP contribution is -2.31. The fourth-order valence-electron chi connectivity index (χ4n) is 2.63. The summed E-state index contributed by atoms with van der Waals surface area (Å²) in [7, 11) is 0. The van der Waals surface area contributed by atoms with E-state index in [2.05, 4.69) is 0 Å². The molecule has 1 atom stereocenters. The Morgan fingerprint density at radius 2 is 1.54 bits per heavy atom. The molecule has 0 N–H and O–H groups in total. The van der Waals surface area contributed by atoms with Crippen LogP contribution in [0.15, 0.2) is 23.8 Å². The van der Waals surface area contributed by atoms with Gasteiger partial charge in [0.2, 0.25) is 0 Å². The Balaban J connectivity index is 2.42. The summed E-state index contributed by atoms with van der Waals surface area (Å²) in [5.74, 6) is -1.65. The normalized spacial score (nSPS) is 17.1. The molecule has 1 aliphatic carbocycles. The first-order valence-electron chi connectivity index (χ1n) is 8.16. The minimum absolute atomic E-state index is 0.333. The van der Waals surface area contributed by atoms with Gasteiger partial charge in [-0.25, -0.2) is 4.79 Å². The van der Waals surface area contributed by atoms with E-state index >= 15 is 0 Å². The predicted molar refractivity (Wildman–Crippen MR) is 93.6 cm³/mol. The third-order valence-corrected chi connectivity index (χ3v) is 3.45. The molecule has 1 unspecified atom stereocenters. The van der Waals surface area contributed by atoms with Crippen LogP contribution in [0.3, 0.4) is 0 Å². The van der Waals surface area contributed by atoms with Crippen LogP contribution in [-0.4, -0.2) is 23.1 Å². The van der Waals surface area contributed by atoms with E-state index in [4.69, 9.17) is 9.47 Å². The quantitative estimate of drug-likeness (QED) is 0.764. The first-order valence-corrected chi connectivity index (χ1v) is 8.16. The third kappa shape index (κ3) is 4.25. The van der Waals surface area contributed by atoms with E-state index in [1.165, 1.54) is 0 Å². The second-order valence-corrected chi connectivity index (χ2v) is 8.20. The number of fused-ring (bicyclic) bond motifs is 1. The Morgan fingerprint density at radius 3 is 2.08 bits per heavy atom. The van der Waals surface area contributed by atoms with Crippen molar-refractivity contribution in [1.29, 1.82) is 0 Å². The van der Waals surface area contributed by atoms with Crippen molar-refractivity contribution in [3.05, 3.63) is 40.5 Å². The van der Waals surface area contributed by atoms with Gasteiger partial charge in [-0.15, -0.1) is 0 Å². The van der Waals surface area contributed by atoms with Crippen molar-refractivity contribution in [2.45, 2.75) is 65.6 Å². The Bertz CT molecular complexity index is 699. The van der Waals surface area contributed by atoms with Gasteiger partial charge in [-0.05, 0) is 65.7 Å². The summed E-state index contributed by atoms with van der Waals surface area (Å²) in [5.41, 5.74) is 1.81. The molecule has 4 heteroatoms. The summed E-state index contributed by atoms with van der Waals surface area (Å²) in [4.78, 5) is 25.3. The van der Waals surface area contributed by atoms with E-state index in [1.54, 1.807) is 26.8 Å². The topological polar surface area (TPSA) is 52.6 Å². The first kappa shape index (κ1) is 18.2. The van der Waals surface area contributed by atoms with Crippen LogP contribution in [0, 0.1) is 6.92 Å². The zero-order chi connectivity index (χ0) is 18.3. The SMILES string of the molecule is Cc1ccc2c(c1)C=C(C(=O)OC(C)(C)C)C2C(=O)OC(C)(C)C. The number of esters is 2. The zero-order valence-electron chi connectivity index (χ0n) is 15.5. The lowest BCUT2D eigenvalue weighted by molar-refractivity contribution is -0.159. The summed E-state index contributed by atoms with van der Waals surface area (Å²) >= 11 is 0. The van der Waals surface area contributed by atoms with Gasteiger partial charge in [-0.1, -0.05) is 23.8 Å². The smallest absolute Gasteiger partial charge is 0.335 e. The van der Waals surface area contributed by atoms with E-state index in [9.17, 15) is 9.59 Å². The fourth-order valence-corrected chi connectivity index (χ4v) is 2.63.